The zero-order valence-corrected chi connectivity index (χ0v) is 11.6. The van der Waals surface area contributed by atoms with Gasteiger partial charge in [0.2, 0.25) is 0 Å². The molecule has 1 N–H and O–H groups in total. The molecule has 1 aliphatic rings. The number of rotatable bonds is 4. The van der Waals surface area contributed by atoms with Gasteiger partial charge < -0.3 is 9.84 Å². The summed E-state index contributed by atoms with van der Waals surface area (Å²) in [5, 5.41) is 9.31. The molecule has 2 aromatic carbocycles. The Morgan fingerprint density at radius 1 is 1.05 bits per heavy atom. The van der Waals surface area contributed by atoms with Crippen LogP contribution in [0.2, 0.25) is 0 Å². The molecule has 1 unspecified atom stereocenters. The Morgan fingerprint density at radius 2 is 1.90 bits per heavy atom. The van der Waals surface area contributed by atoms with Crippen molar-refractivity contribution in [2.75, 3.05) is 6.61 Å². The lowest BCUT2D eigenvalue weighted by Crippen LogP contribution is -2.17. The van der Waals surface area contributed by atoms with E-state index in [4.69, 9.17) is 4.74 Å². The first-order valence-corrected chi connectivity index (χ1v) is 7.24. The highest BCUT2D eigenvalue weighted by Gasteiger charge is 2.18. The molecule has 20 heavy (non-hydrogen) atoms. The van der Waals surface area contributed by atoms with E-state index in [0.29, 0.717) is 12.5 Å². The Labute approximate surface area is 120 Å². The Bertz CT molecular complexity index is 563. The zero-order valence-electron chi connectivity index (χ0n) is 11.6. The fraction of sp³-hybridized carbons (Fsp3) is 0.333. The normalized spacial score (nSPS) is 17.6. The van der Waals surface area contributed by atoms with Gasteiger partial charge in [-0.25, -0.2) is 0 Å². The van der Waals surface area contributed by atoms with Crippen molar-refractivity contribution >= 4 is 0 Å². The van der Waals surface area contributed by atoms with Crippen LogP contribution < -0.4 is 4.74 Å². The molecule has 0 aromatic heterocycles. The lowest BCUT2D eigenvalue weighted by molar-refractivity contribution is 0.213. The highest BCUT2D eigenvalue weighted by molar-refractivity contribution is 5.37. The third kappa shape index (κ3) is 3.02. The van der Waals surface area contributed by atoms with Crippen LogP contribution in [0.25, 0.3) is 0 Å². The van der Waals surface area contributed by atoms with E-state index in [9.17, 15) is 5.11 Å². The van der Waals surface area contributed by atoms with E-state index in [2.05, 4.69) is 30.3 Å². The summed E-state index contributed by atoms with van der Waals surface area (Å²) in [6.07, 6.45) is 3.13. The summed E-state index contributed by atoms with van der Waals surface area (Å²) >= 11 is 0. The van der Waals surface area contributed by atoms with Gasteiger partial charge in [0.05, 0.1) is 0 Å². The molecule has 2 nitrogen and oxygen atoms in total. The molecule has 3 rings (SSSR count). The summed E-state index contributed by atoms with van der Waals surface area (Å²) in [5.41, 5.74) is 3.92. The quantitative estimate of drug-likeness (QED) is 0.921. The molecule has 2 aromatic rings. The van der Waals surface area contributed by atoms with Crippen LogP contribution >= 0.6 is 0 Å². The zero-order chi connectivity index (χ0) is 13.8. The summed E-state index contributed by atoms with van der Waals surface area (Å²) in [5.74, 6) is 1.33. The van der Waals surface area contributed by atoms with E-state index in [1.54, 1.807) is 0 Å². The van der Waals surface area contributed by atoms with Gasteiger partial charge in [-0.05, 0) is 54.0 Å². The first-order valence-electron chi connectivity index (χ1n) is 7.24. The second kappa shape index (κ2) is 6.10. The van der Waals surface area contributed by atoms with Crippen molar-refractivity contribution in [1.82, 2.24) is 0 Å². The van der Waals surface area contributed by atoms with E-state index < -0.39 is 0 Å². The number of fused-ring (bicyclic) bond motifs is 1. The predicted molar refractivity (Wildman–Crippen MR) is 79.8 cm³/mol. The predicted octanol–water partition coefficient (Wildman–Crippen LogP) is 3.36. The molecule has 0 spiro atoms. The smallest absolute Gasteiger partial charge is 0.120 e. The summed E-state index contributed by atoms with van der Waals surface area (Å²) in [6.45, 7) is 0.887. The summed E-state index contributed by atoms with van der Waals surface area (Å²) in [6, 6.07) is 16.6. The van der Waals surface area contributed by atoms with Crippen LogP contribution in [-0.2, 0) is 19.4 Å². The molecule has 0 saturated heterocycles. The van der Waals surface area contributed by atoms with Crippen molar-refractivity contribution in [2.45, 2.75) is 25.9 Å². The van der Waals surface area contributed by atoms with E-state index in [1.165, 1.54) is 16.7 Å². The Hall–Kier alpha value is -1.80. The second-order valence-electron chi connectivity index (χ2n) is 5.50. The number of hydrogen-bond donors (Lipinski definition) is 1. The summed E-state index contributed by atoms with van der Waals surface area (Å²) in [4.78, 5) is 0. The van der Waals surface area contributed by atoms with Crippen molar-refractivity contribution in [3.8, 4) is 5.75 Å². The number of aliphatic hydroxyl groups is 1. The lowest BCUT2D eigenvalue weighted by atomic mass is 9.84. The fourth-order valence-corrected chi connectivity index (χ4v) is 2.80. The third-order valence-electron chi connectivity index (χ3n) is 4.01. The molecular formula is C18H20O2. The molecular weight excluding hydrogens is 248 g/mol. The maximum absolute atomic E-state index is 9.31. The number of benzene rings is 2. The topological polar surface area (TPSA) is 29.5 Å². The van der Waals surface area contributed by atoms with Crippen molar-refractivity contribution in [2.24, 2.45) is 5.92 Å². The monoisotopic (exact) mass is 268 g/mol. The summed E-state index contributed by atoms with van der Waals surface area (Å²) < 4.78 is 5.86. The highest BCUT2D eigenvalue weighted by Crippen LogP contribution is 2.28. The lowest BCUT2D eigenvalue weighted by Gasteiger charge is -2.23. The van der Waals surface area contributed by atoms with Gasteiger partial charge in [0.15, 0.2) is 0 Å². The van der Waals surface area contributed by atoms with E-state index in [-0.39, 0.29) is 6.61 Å². The van der Waals surface area contributed by atoms with E-state index >= 15 is 0 Å². The Morgan fingerprint density at radius 3 is 2.70 bits per heavy atom. The second-order valence-corrected chi connectivity index (χ2v) is 5.50. The van der Waals surface area contributed by atoms with Gasteiger partial charge in [-0.1, -0.05) is 36.4 Å². The molecule has 1 aliphatic carbocycles. The largest absolute Gasteiger partial charge is 0.489 e. The van der Waals surface area contributed by atoms with Gasteiger partial charge in [0.1, 0.15) is 12.4 Å². The van der Waals surface area contributed by atoms with Gasteiger partial charge in [0, 0.05) is 6.61 Å². The van der Waals surface area contributed by atoms with Crippen LogP contribution in [0.15, 0.2) is 48.5 Å². The molecule has 104 valence electrons. The molecule has 0 amide bonds. The molecule has 0 radical (unpaired) electrons. The minimum absolute atomic E-state index is 0.286. The van der Waals surface area contributed by atoms with Gasteiger partial charge in [-0.2, -0.15) is 0 Å². The molecule has 0 saturated carbocycles. The molecule has 0 fully saturated rings. The standard InChI is InChI=1S/C18H20O2/c19-12-15-6-7-16-8-9-18(11-17(16)10-15)20-13-14-4-2-1-3-5-14/h1-5,8-9,11,15,19H,6-7,10,12-13H2. The van der Waals surface area contributed by atoms with Gasteiger partial charge in [0.25, 0.3) is 0 Å². The van der Waals surface area contributed by atoms with Crippen LogP contribution in [0.1, 0.15) is 23.1 Å². The average molecular weight is 268 g/mol. The molecule has 1 atom stereocenters. The van der Waals surface area contributed by atoms with Crippen molar-refractivity contribution in [3.05, 3.63) is 65.2 Å². The minimum atomic E-state index is 0.286. The first kappa shape index (κ1) is 13.2. The molecule has 0 bridgehead atoms. The number of hydrogen-bond acceptors (Lipinski definition) is 2. The molecule has 2 heteroatoms. The van der Waals surface area contributed by atoms with E-state index in [1.807, 2.05) is 18.2 Å². The number of aliphatic hydroxyl groups excluding tert-OH is 1. The van der Waals surface area contributed by atoms with Crippen molar-refractivity contribution in [1.29, 1.82) is 0 Å². The van der Waals surface area contributed by atoms with Crippen LogP contribution in [-0.4, -0.2) is 11.7 Å². The minimum Gasteiger partial charge on any atom is -0.489 e. The van der Waals surface area contributed by atoms with Crippen LogP contribution in [0.4, 0.5) is 0 Å². The Balaban J connectivity index is 1.69. The van der Waals surface area contributed by atoms with Gasteiger partial charge >= 0.3 is 0 Å². The van der Waals surface area contributed by atoms with Crippen molar-refractivity contribution < 1.29 is 9.84 Å². The SMILES string of the molecule is OCC1CCc2ccc(OCc3ccccc3)cc2C1. The maximum atomic E-state index is 9.31. The number of aryl methyl sites for hydroxylation is 1. The highest BCUT2D eigenvalue weighted by atomic mass is 16.5. The Kier molecular flexibility index (Phi) is 4.03. The van der Waals surface area contributed by atoms with Gasteiger partial charge in [-0.3, -0.25) is 0 Å². The maximum Gasteiger partial charge on any atom is 0.120 e. The molecule has 0 aliphatic heterocycles. The van der Waals surface area contributed by atoms with E-state index in [0.717, 1.165) is 25.0 Å². The van der Waals surface area contributed by atoms with Crippen LogP contribution in [0.3, 0.4) is 0 Å². The average Bonchev–Trinajstić information content (AvgIpc) is 2.53. The first-order chi connectivity index (χ1) is 9.85. The number of ether oxygens (including phenoxy) is 1. The fourth-order valence-electron chi connectivity index (χ4n) is 2.80. The third-order valence-corrected chi connectivity index (χ3v) is 4.01. The van der Waals surface area contributed by atoms with Crippen LogP contribution in [0.5, 0.6) is 5.75 Å². The van der Waals surface area contributed by atoms with Crippen molar-refractivity contribution in [3.63, 3.8) is 0 Å². The van der Waals surface area contributed by atoms with Crippen LogP contribution in [0, 0.1) is 5.92 Å². The molecule has 0 heterocycles. The summed E-state index contributed by atoms with van der Waals surface area (Å²) in [7, 11) is 0. The van der Waals surface area contributed by atoms with Gasteiger partial charge in [-0.15, -0.1) is 0 Å².